The number of hydrogen-bond donors (Lipinski definition) is 4. The second-order valence-corrected chi connectivity index (χ2v) is 5.88. The first-order valence-corrected chi connectivity index (χ1v) is 7.79. The maximum atomic E-state index is 11.7. The zero-order chi connectivity index (χ0) is 14.3. The van der Waals surface area contributed by atoms with Crippen LogP contribution in [0, 0.1) is 0 Å². The van der Waals surface area contributed by atoms with Gasteiger partial charge in [0, 0.05) is 24.3 Å². The molecular formula is C12H22N2O4S. The summed E-state index contributed by atoms with van der Waals surface area (Å²) in [5, 5.41) is 23.4. The number of carbonyl (C=O) groups excluding carboxylic acids is 1. The molecule has 110 valence electrons. The second-order valence-electron chi connectivity index (χ2n) is 4.74. The van der Waals surface area contributed by atoms with Gasteiger partial charge in [0.1, 0.15) is 6.04 Å². The molecule has 0 radical (unpaired) electrons. The number of thioether (sulfide) groups is 1. The molecule has 0 aromatic heterocycles. The number of amides is 2. The molecular weight excluding hydrogens is 268 g/mol. The molecule has 0 aromatic carbocycles. The van der Waals surface area contributed by atoms with Gasteiger partial charge in [-0.1, -0.05) is 6.42 Å². The smallest absolute Gasteiger partial charge is 0.326 e. The fourth-order valence-corrected chi connectivity index (χ4v) is 3.09. The van der Waals surface area contributed by atoms with Crippen LogP contribution in [0.5, 0.6) is 0 Å². The van der Waals surface area contributed by atoms with Gasteiger partial charge >= 0.3 is 12.0 Å². The van der Waals surface area contributed by atoms with Crippen molar-refractivity contribution in [2.24, 2.45) is 0 Å². The van der Waals surface area contributed by atoms with Crippen molar-refractivity contribution < 1.29 is 19.8 Å². The third-order valence-corrected chi connectivity index (χ3v) is 4.41. The number of urea groups is 1. The number of aliphatic hydroxyl groups is 1. The van der Waals surface area contributed by atoms with Crippen molar-refractivity contribution in [2.45, 2.75) is 49.4 Å². The van der Waals surface area contributed by atoms with E-state index in [0.29, 0.717) is 5.25 Å². The molecule has 1 saturated carbocycles. The van der Waals surface area contributed by atoms with Crippen LogP contribution in [0.1, 0.15) is 32.1 Å². The second kappa shape index (κ2) is 8.27. The highest BCUT2D eigenvalue weighted by atomic mass is 32.2. The van der Waals surface area contributed by atoms with E-state index in [1.165, 1.54) is 6.42 Å². The number of nitrogens with one attached hydrogen (secondary N) is 2. The zero-order valence-electron chi connectivity index (χ0n) is 11.1. The van der Waals surface area contributed by atoms with E-state index in [-0.39, 0.29) is 19.1 Å². The largest absolute Gasteiger partial charge is 0.480 e. The van der Waals surface area contributed by atoms with E-state index in [1.807, 2.05) is 0 Å². The molecule has 1 rings (SSSR count). The highest BCUT2D eigenvalue weighted by molar-refractivity contribution is 7.99. The van der Waals surface area contributed by atoms with Gasteiger partial charge in [0.2, 0.25) is 0 Å². The van der Waals surface area contributed by atoms with Crippen molar-refractivity contribution in [2.75, 3.05) is 12.9 Å². The Kier molecular flexibility index (Phi) is 7.01. The number of aliphatic carboxylic acids is 1. The summed E-state index contributed by atoms with van der Waals surface area (Å²) in [6.45, 7) is -0.269. The first-order chi connectivity index (χ1) is 9.06. The van der Waals surface area contributed by atoms with E-state index in [1.54, 1.807) is 11.8 Å². The molecule has 0 spiro atoms. The molecule has 1 fully saturated rings. The maximum absolute atomic E-state index is 11.7. The third-order valence-electron chi connectivity index (χ3n) is 3.32. The van der Waals surface area contributed by atoms with Crippen LogP contribution in [0.15, 0.2) is 0 Å². The lowest BCUT2D eigenvalue weighted by Gasteiger charge is -2.29. The fraction of sp³-hybridized carbons (Fsp3) is 0.833. The van der Waals surface area contributed by atoms with Crippen LogP contribution in [0.3, 0.4) is 0 Å². The molecule has 6 nitrogen and oxygen atoms in total. The van der Waals surface area contributed by atoms with E-state index < -0.39 is 18.0 Å². The van der Waals surface area contributed by atoms with Crippen molar-refractivity contribution in [1.29, 1.82) is 0 Å². The average Bonchev–Trinajstić information content (AvgIpc) is 2.38. The van der Waals surface area contributed by atoms with E-state index in [9.17, 15) is 9.59 Å². The minimum Gasteiger partial charge on any atom is -0.480 e. The Labute approximate surface area is 117 Å². The quantitative estimate of drug-likeness (QED) is 0.580. The summed E-state index contributed by atoms with van der Waals surface area (Å²) in [4.78, 5) is 22.6. The van der Waals surface area contributed by atoms with E-state index in [4.69, 9.17) is 10.2 Å². The molecule has 0 bridgehead atoms. The highest BCUT2D eigenvalue weighted by Crippen LogP contribution is 2.26. The molecule has 7 heteroatoms. The average molecular weight is 290 g/mol. The van der Waals surface area contributed by atoms with Crippen LogP contribution >= 0.6 is 11.8 Å². The summed E-state index contributed by atoms with van der Waals surface area (Å²) in [6, 6.07) is -1.40. The summed E-state index contributed by atoms with van der Waals surface area (Å²) in [7, 11) is 0. The summed E-state index contributed by atoms with van der Waals surface area (Å²) in [5.74, 6) is -1.13. The number of carboxylic acid groups (broad SMARTS) is 1. The molecule has 0 heterocycles. The van der Waals surface area contributed by atoms with Gasteiger partial charge in [-0.25, -0.2) is 9.59 Å². The Hall–Kier alpha value is -0.950. The lowest BCUT2D eigenvalue weighted by atomic mass is 9.95. The monoisotopic (exact) mass is 290 g/mol. The van der Waals surface area contributed by atoms with Gasteiger partial charge in [-0.3, -0.25) is 0 Å². The van der Waals surface area contributed by atoms with Crippen LogP contribution in [0.2, 0.25) is 0 Å². The minimum absolute atomic E-state index is 0.0147. The van der Waals surface area contributed by atoms with Gasteiger partial charge < -0.3 is 20.8 Å². The Bertz CT molecular complexity index is 314. The molecule has 0 aromatic rings. The SMILES string of the molecule is CSC1CCCC(NC(=O)N[C@@H](CCO)C(=O)O)C1. The van der Waals surface area contributed by atoms with Gasteiger partial charge in [0.25, 0.3) is 0 Å². The molecule has 3 atom stereocenters. The number of carboxylic acids is 1. The molecule has 1 aliphatic rings. The Morgan fingerprint density at radius 1 is 1.42 bits per heavy atom. The fourth-order valence-electron chi connectivity index (χ4n) is 2.26. The van der Waals surface area contributed by atoms with Crippen molar-refractivity contribution in [1.82, 2.24) is 10.6 Å². The van der Waals surface area contributed by atoms with Crippen LogP contribution in [-0.4, -0.2) is 52.4 Å². The number of carbonyl (C=O) groups is 2. The molecule has 0 aliphatic heterocycles. The zero-order valence-corrected chi connectivity index (χ0v) is 11.9. The predicted molar refractivity (Wildman–Crippen MR) is 74.4 cm³/mol. The molecule has 19 heavy (non-hydrogen) atoms. The summed E-state index contributed by atoms with van der Waals surface area (Å²) in [5.41, 5.74) is 0. The molecule has 0 saturated heterocycles. The predicted octanol–water partition coefficient (Wildman–Crippen LogP) is 0.795. The van der Waals surface area contributed by atoms with Crippen molar-refractivity contribution >= 4 is 23.8 Å². The van der Waals surface area contributed by atoms with Crippen LogP contribution < -0.4 is 10.6 Å². The van der Waals surface area contributed by atoms with Crippen molar-refractivity contribution in [3.05, 3.63) is 0 Å². The number of rotatable bonds is 6. The molecule has 4 N–H and O–H groups in total. The van der Waals surface area contributed by atoms with E-state index in [2.05, 4.69) is 16.9 Å². The van der Waals surface area contributed by atoms with Gasteiger partial charge in [-0.15, -0.1) is 0 Å². The summed E-state index contributed by atoms with van der Waals surface area (Å²) < 4.78 is 0. The topological polar surface area (TPSA) is 98.7 Å². The standard InChI is InChI=1S/C12H22N2O4S/c1-19-9-4-2-3-8(7-9)13-12(18)14-10(5-6-15)11(16)17/h8-10,15H,2-7H2,1H3,(H,16,17)(H2,13,14,18)/t8?,9?,10-/m0/s1. The number of aliphatic hydroxyl groups excluding tert-OH is 1. The minimum atomic E-state index is -1.13. The normalized spacial score (nSPS) is 24.5. The van der Waals surface area contributed by atoms with Crippen LogP contribution in [-0.2, 0) is 4.79 Å². The lowest BCUT2D eigenvalue weighted by Crippen LogP contribution is -2.50. The Morgan fingerprint density at radius 3 is 2.74 bits per heavy atom. The highest BCUT2D eigenvalue weighted by Gasteiger charge is 2.24. The van der Waals surface area contributed by atoms with Gasteiger partial charge in [0.15, 0.2) is 0 Å². The maximum Gasteiger partial charge on any atom is 0.326 e. The summed E-state index contributed by atoms with van der Waals surface area (Å²) in [6.07, 6.45) is 6.18. The van der Waals surface area contributed by atoms with Crippen LogP contribution in [0.25, 0.3) is 0 Å². The van der Waals surface area contributed by atoms with Crippen molar-refractivity contribution in [3.8, 4) is 0 Å². The lowest BCUT2D eigenvalue weighted by molar-refractivity contribution is -0.139. The Morgan fingerprint density at radius 2 is 2.16 bits per heavy atom. The van der Waals surface area contributed by atoms with E-state index >= 15 is 0 Å². The molecule has 2 amide bonds. The Balaban J connectivity index is 2.39. The first kappa shape index (κ1) is 16.1. The summed E-state index contributed by atoms with van der Waals surface area (Å²) >= 11 is 1.80. The van der Waals surface area contributed by atoms with Gasteiger partial charge in [0.05, 0.1) is 0 Å². The van der Waals surface area contributed by atoms with Crippen LogP contribution in [0.4, 0.5) is 4.79 Å². The van der Waals surface area contributed by atoms with Gasteiger partial charge in [-0.05, 0) is 25.5 Å². The third kappa shape index (κ3) is 5.69. The molecule has 2 unspecified atom stereocenters. The van der Waals surface area contributed by atoms with E-state index in [0.717, 1.165) is 19.3 Å². The number of hydrogen-bond acceptors (Lipinski definition) is 4. The molecule has 1 aliphatic carbocycles. The van der Waals surface area contributed by atoms with Gasteiger partial charge in [-0.2, -0.15) is 11.8 Å². The first-order valence-electron chi connectivity index (χ1n) is 6.50. The van der Waals surface area contributed by atoms with Crippen molar-refractivity contribution in [3.63, 3.8) is 0 Å².